The molecule has 0 aromatic carbocycles. The number of rotatable bonds is 3. The number of carbonyl (C=O) groups excluding carboxylic acids is 2. The molecule has 0 saturated carbocycles. The maximum Gasteiger partial charge on any atom is 0.316 e. The van der Waals surface area contributed by atoms with Gasteiger partial charge in [-0.15, -0.1) is 0 Å². The molecule has 0 aromatic rings. The molecule has 1 aliphatic rings. The minimum Gasteiger partial charge on any atom is -0.457 e. The van der Waals surface area contributed by atoms with Crippen LogP contribution >= 0.6 is 0 Å². The Bertz CT molecular complexity index is 631. The van der Waals surface area contributed by atoms with E-state index >= 15 is 0 Å². The molecule has 0 spiro atoms. The standard InChI is InChI=1S/C22H34O5/c1-7-18-11-15(4)9-14(3)10-16(5)19(8-2)27-21(25)17(6)20(24)22(26,12-18)13-23/h10-11,15,17,19,23,26H,3,7-9,12-13H2,1-2,4-6H3/b16-10+,18-11+/t15-,17+,19-,22-/m0/s1. The summed E-state index contributed by atoms with van der Waals surface area (Å²) >= 11 is 0. The minimum absolute atomic E-state index is 0.000652. The molecule has 152 valence electrons. The highest BCUT2D eigenvalue weighted by Crippen LogP contribution is 2.28. The summed E-state index contributed by atoms with van der Waals surface area (Å²) in [4.78, 5) is 25.3. The molecule has 0 saturated heterocycles. The Hall–Kier alpha value is -1.72. The van der Waals surface area contributed by atoms with Crippen molar-refractivity contribution in [2.45, 2.75) is 72.0 Å². The number of carbonyl (C=O) groups is 2. The summed E-state index contributed by atoms with van der Waals surface area (Å²) in [6.45, 7) is 12.6. The molecule has 0 aliphatic carbocycles. The number of hydrogen-bond acceptors (Lipinski definition) is 5. The summed E-state index contributed by atoms with van der Waals surface area (Å²) in [5, 5.41) is 20.5. The quantitative estimate of drug-likeness (QED) is 0.446. The van der Waals surface area contributed by atoms with Crippen LogP contribution < -0.4 is 0 Å². The van der Waals surface area contributed by atoms with Crippen LogP contribution in [-0.2, 0) is 14.3 Å². The second kappa shape index (κ2) is 10.00. The van der Waals surface area contributed by atoms with Gasteiger partial charge in [0.05, 0.1) is 6.61 Å². The van der Waals surface area contributed by atoms with Crippen molar-refractivity contribution in [1.82, 2.24) is 0 Å². The van der Waals surface area contributed by atoms with Crippen LogP contribution in [0.2, 0.25) is 0 Å². The topological polar surface area (TPSA) is 83.8 Å². The molecule has 1 heterocycles. The number of hydrogen-bond donors (Lipinski definition) is 2. The number of aliphatic hydroxyl groups excluding tert-OH is 1. The van der Waals surface area contributed by atoms with Crippen LogP contribution in [0.5, 0.6) is 0 Å². The van der Waals surface area contributed by atoms with Crippen molar-refractivity contribution in [3.05, 3.63) is 35.5 Å². The van der Waals surface area contributed by atoms with Gasteiger partial charge in [-0.05, 0) is 44.6 Å². The van der Waals surface area contributed by atoms with E-state index in [1.165, 1.54) is 6.92 Å². The maximum atomic E-state index is 12.8. The first-order valence-electron chi connectivity index (χ1n) is 9.71. The van der Waals surface area contributed by atoms with Crippen LogP contribution in [0.3, 0.4) is 0 Å². The number of ether oxygens (including phenoxy) is 1. The molecule has 27 heavy (non-hydrogen) atoms. The van der Waals surface area contributed by atoms with Crippen LogP contribution in [0.25, 0.3) is 0 Å². The van der Waals surface area contributed by atoms with Gasteiger partial charge in [0, 0.05) is 6.42 Å². The van der Waals surface area contributed by atoms with E-state index in [9.17, 15) is 19.8 Å². The summed E-state index contributed by atoms with van der Waals surface area (Å²) in [6.07, 6.45) is 5.44. The van der Waals surface area contributed by atoms with Gasteiger partial charge >= 0.3 is 5.97 Å². The molecule has 1 rings (SSSR count). The highest BCUT2D eigenvalue weighted by atomic mass is 16.5. The van der Waals surface area contributed by atoms with E-state index in [4.69, 9.17) is 4.74 Å². The molecule has 0 unspecified atom stereocenters. The summed E-state index contributed by atoms with van der Waals surface area (Å²) in [6, 6.07) is 0. The lowest BCUT2D eigenvalue weighted by molar-refractivity contribution is -0.161. The van der Waals surface area contributed by atoms with Gasteiger partial charge in [0.15, 0.2) is 11.4 Å². The van der Waals surface area contributed by atoms with Crippen molar-refractivity contribution in [3.63, 3.8) is 0 Å². The third-order valence-electron chi connectivity index (χ3n) is 5.11. The molecular formula is C22H34O5. The first kappa shape index (κ1) is 23.3. The Morgan fingerprint density at radius 3 is 2.44 bits per heavy atom. The SMILES string of the molecule is C=C1/C=C(\C)[C@H](CC)OC(=O)[C@H](C)C(=O)[C@@](O)(CO)C/C(CC)=C/[C@@H](C)C1. The van der Waals surface area contributed by atoms with Crippen LogP contribution in [0, 0.1) is 11.8 Å². The van der Waals surface area contributed by atoms with E-state index in [1.54, 1.807) is 0 Å². The second-order valence-corrected chi connectivity index (χ2v) is 7.69. The van der Waals surface area contributed by atoms with Gasteiger partial charge < -0.3 is 14.9 Å². The van der Waals surface area contributed by atoms with Crippen molar-refractivity contribution in [2.24, 2.45) is 11.8 Å². The molecule has 2 N–H and O–H groups in total. The van der Waals surface area contributed by atoms with E-state index < -0.39 is 36.0 Å². The van der Waals surface area contributed by atoms with E-state index in [0.717, 1.165) is 16.7 Å². The largest absolute Gasteiger partial charge is 0.457 e. The first-order chi connectivity index (χ1) is 12.6. The average Bonchev–Trinajstić information content (AvgIpc) is 2.62. The Balaban J connectivity index is 3.38. The maximum absolute atomic E-state index is 12.8. The van der Waals surface area contributed by atoms with Gasteiger partial charge in [0.2, 0.25) is 0 Å². The van der Waals surface area contributed by atoms with Gasteiger partial charge in [-0.3, -0.25) is 9.59 Å². The van der Waals surface area contributed by atoms with Gasteiger partial charge in [0.1, 0.15) is 12.0 Å². The van der Waals surface area contributed by atoms with E-state index in [2.05, 4.69) is 13.5 Å². The molecule has 0 amide bonds. The molecule has 5 nitrogen and oxygen atoms in total. The minimum atomic E-state index is -1.99. The fraction of sp³-hybridized carbons (Fsp3) is 0.636. The lowest BCUT2D eigenvalue weighted by atomic mass is 9.83. The van der Waals surface area contributed by atoms with E-state index in [1.807, 2.05) is 32.9 Å². The lowest BCUT2D eigenvalue weighted by Crippen LogP contribution is -2.48. The lowest BCUT2D eigenvalue weighted by Gasteiger charge is -2.29. The zero-order valence-corrected chi connectivity index (χ0v) is 17.2. The number of cyclic esters (lactones) is 1. The highest BCUT2D eigenvalue weighted by molar-refractivity contribution is 6.03. The molecule has 0 bridgehead atoms. The van der Waals surface area contributed by atoms with Crippen LogP contribution in [0.15, 0.2) is 35.5 Å². The zero-order chi connectivity index (χ0) is 20.8. The number of Topliss-reactive ketones (excluding diaryl/α,β-unsaturated/α-hetero) is 1. The van der Waals surface area contributed by atoms with Crippen molar-refractivity contribution in [3.8, 4) is 0 Å². The van der Waals surface area contributed by atoms with E-state index in [-0.39, 0.29) is 12.3 Å². The molecular weight excluding hydrogens is 344 g/mol. The van der Waals surface area contributed by atoms with Gasteiger partial charge in [0.25, 0.3) is 0 Å². The number of allylic oxidation sites excluding steroid dienone is 3. The third kappa shape index (κ3) is 6.15. The smallest absolute Gasteiger partial charge is 0.316 e. The monoisotopic (exact) mass is 378 g/mol. The van der Waals surface area contributed by atoms with Gasteiger partial charge in [-0.1, -0.05) is 50.6 Å². The fourth-order valence-electron chi connectivity index (χ4n) is 3.50. The second-order valence-electron chi connectivity index (χ2n) is 7.69. The normalized spacial score (nSPS) is 35.5. The van der Waals surface area contributed by atoms with E-state index in [0.29, 0.717) is 19.3 Å². The summed E-state index contributed by atoms with van der Waals surface area (Å²) in [5.74, 6) is -2.40. The molecule has 1 aliphatic heterocycles. The average molecular weight is 379 g/mol. The van der Waals surface area contributed by atoms with Crippen molar-refractivity contribution in [2.75, 3.05) is 6.61 Å². The number of ketones is 1. The summed E-state index contributed by atoms with van der Waals surface area (Å²) in [7, 11) is 0. The molecule has 5 heteroatoms. The van der Waals surface area contributed by atoms with Crippen LogP contribution in [0.1, 0.15) is 60.3 Å². The summed E-state index contributed by atoms with van der Waals surface area (Å²) in [5.41, 5.74) is 0.676. The van der Waals surface area contributed by atoms with Crippen molar-refractivity contribution < 1.29 is 24.5 Å². The van der Waals surface area contributed by atoms with Crippen molar-refractivity contribution in [1.29, 1.82) is 0 Å². The van der Waals surface area contributed by atoms with Crippen LogP contribution in [-0.4, -0.2) is 40.3 Å². The van der Waals surface area contributed by atoms with Gasteiger partial charge in [-0.2, -0.15) is 0 Å². The molecule has 0 fully saturated rings. The Kier molecular flexibility index (Phi) is 8.63. The molecule has 0 radical (unpaired) electrons. The first-order valence-corrected chi connectivity index (χ1v) is 9.71. The fourth-order valence-corrected chi connectivity index (χ4v) is 3.50. The Labute approximate surface area is 162 Å². The van der Waals surface area contributed by atoms with Crippen LogP contribution in [0.4, 0.5) is 0 Å². The predicted octanol–water partition coefficient (Wildman–Crippen LogP) is 3.51. The molecule has 4 atom stereocenters. The summed E-state index contributed by atoms with van der Waals surface area (Å²) < 4.78 is 5.53. The third-order valence-corrected chi connectivity index (χ3v) is 5.11. The van der Waals surface area contributed by atoms with Gasteiger partial charge in [-0.25, -0.2) is 0 Å². The van der Waals surface area contributed by atoms with Crippen molar-refractivity contribution >= 4 is 11.8 Å². The predicted molar refractivity (Wildman–Crippen MR) is 106 cm³/mol. The zero-order valence-electron chi connectivity index (χ0n) is 17.2. The Morgan fingerprint density at radius 1 is 1.30 bits per heavy atom. The highest BCUT2D eigenvalue weighted by Gasteiger charge is 2.42. The Morgan fingerprint density at radius 2 is 1.93 bits per heavy atom. The molecule has 0 aromatic heterocycles. The number of aliphatic hydroxyl groups is 2. The number of esters is 1.